The van der Waals surface area contributed by atoms with Crippen LogP contribution in [0.4, 0.5) is 10.5 Å². The van der Waals surface area contributed by atoms with E-state index in [-0.39, 0.29) is 4.90 Å². The number of halogens is 1. The topological polar surface area (TPSA) is 88.4 Å². The van der Waals surface area contributed by atoms with E-state index in [0.29, 0.717) is 16.3 Å². The molecule has 3 aromatic rings. The van der Waals surface area contributed by atoms with Crippen molar-refractivity contribution in [3.63, 3.8) is 0 Å². The number of urea groups is 1. The summed E-state index contributed by atoms with van der Waals surface area (Å²) in [4.78, 5) is 11.8. The second-order valence-electron chi connectivity index (χ2n) is 4.69. The Bertz CT molecular complexity index is 965. The molecule has 0 aliphatic carbocycles. The molecule has 0 unspecified atom stereocenters. The van der Waals surface area contributed by atoms with E-state index in [9.17, 15) is 13.2 Å². The van der Waals surface area contributed by atoms with E-state index in [2.05, 4.69) is 5.32 Å². The van der Waals surface area contributed by atoms with Crippen molar-refractivity contribution in [3.05, 3.63) is 59.8 Å². The first kappa shape index (κ1) is 15.4. The SMILES string of the molecule is O=C(Nc1ccc(Cl)cc1)NS(=O)(=O)c1ccc2ccoc2c1. The van der Waals surface area contributed by atoms with Crippen molar-refractivity contribution in [2.75, 3.05) is 5.32 Å². The summed E-state index contributed by atoms with van der Waals surface area (Å²) in [5.74, 6) is 0. The highest BCUT2D eigenvalue weighted by Crippen LogP contribution is 2.20. The Labute approximate surface area is 137 Å². The van der Waals surface area contributed by atoms with Gasteiger partial charge in [0.2, 0.25) is 0 Å². The minimum atomic E-state index is -4.01. The monoisotopic (exact) mass is 350 g/mol. The predicted octanol–water partition coefficient (Wildman–Crippen LogP) is 3.60. The highest BCUT2D eigenvalue weighted by molar-refractivity contribution is 7.90. The van der Waals surface area contributed by atoms with Crippen molar-refractivity contribution in [1.29, 1.82) is 0 Å². The Morgan fingerprint density at radius 1 is 1.04 bits per heavy atom. The molecule has 0 radical (unpaired) electrons. The third-order valence-corrected chi connectivity index (χ3v) is 4.65. The van der Waals surface area contributed by atoms with Crippen LogP contribution in [0.2, 0.25) is 5.02 Å². The van der Waals surface area contributed by atoms with Gasteiger partial charge in [0.05, 0.1) is 11.2 Å². The first-order valence-electron chi connectivity index (χ1n) is 6.51. The van der Waals surface area contributed by atoms with Crippen LogP contribution in [0.15, 0.2) is 64.1 Å². The molecule has 3 rings (SSSR count). The highest BCUT2D eigenvalue weighted by Gasteiger charge is 2.18. The number of nitrogens with one attached hydrogen (secondary N) is 2. The van der Waals surface area contributed by atoms with E-state index in [1.165, 1.54) is 18.4 Å². The zero-order chi connectivity index (χ0) is 16.4. The second-order valence-corrected chi connectivity index (χ2v) is 6.81. The van der Waals surface area contributed by atoms with Crippen LogP contribution < -0.4 is 10.0 Å². The second kappa shape index (κ2) is 5.94. The van der Waals surface area contributed by atoms with Crippen molar-refractivity contribution in [1.82, 2.24) is 4.72 Å². The highest BCUT2D eigenvalue weighted by atomic mass is 35.5. The molecule has 2 aromatic carbocycles. The Kier molecular flexibility index (Phi) is 3.97. The molecule has 0 saturated carbocycles. The number of amides is 2. The van der Waals surface area contributed by atoms with Gasteiger partial charge in [0.1, 0.15) is 5.58 Å². The normalized spacial score (nSPS) is 11.3. The van der Waals surface area contributed by atoms with Crippen molar-refractivity contribution in [3.8, 4) is 0 Å². The molecule has 2 N–H and O–H groups in total. The van der Waals surface area contributed by atoms with Crippen molar-refractivity contribution < 1.29 is 17.6 Å². The number of sulfonamides is 1. The van der Waals surface area contributed by atoms with Crippen molar-refractivity contribution in [2.45, 2.75) is 4.90 Å². The zero-order valence-corrected chi connectivity index (χ0v) is 13.2. The van der Waals surface area contributed by atoms with Crippen LogP contribution in [0, 0.1) is 0 Å². The average Bonchev–Trinajstić information content (AvgIpc) is 2.96. The number of fused-ring (bicyclic) bond motifs is 1. The molecule has 0 aliphatic rings. The van der Waals surface area contributed by atoms with E-state index in [1.807, 2.05) is 4.72 Å². The molecular formula is C15H11ClN2O4S. The van der Waals surface area contributed by atoms with Gasteiger partial charge in [-0.15, -0.1) is 0 Å². The summed E-state index contributed by atoms with van der Waals surface area (Å²) in [5.41, 5.74) is 0.842. The van der Waals surface area contributed by atoms with Crippen LogP contribution in [-0.4, -0.2) is 14.4 Å². The molecule has 2 amide bonds. The molecule has 0 atom stereocenters. The summed E-state index contributed by atoms with van der Waals surface area (Å²) in [6.45, 7) is 0. The minimum Gasteiger partial charge on any atom is -0.464 e. The molecule has 6 nitrogen and oxygen atoms in total. The molecule has 8 heteroatoms. The first-order chi connectivity index (χ1) is 10.9. The van der Waals surface area contributed by atoms with E-state index < -0.39 is 16.1 Å². The lowest BCUT2D eigenvalue weighted by Crippen LogP contribution is -2.34. The number of benzene rings is 2. The van der Waals surface area contributed by atoms with Crippen LogP contribution in [-0.2, 0) is 10.0 Å². The Hall–Kier alpha value is -2.51. The number of furan rings is 1. The van der Waals surface area contributed by atoms with E-state index >= 15 is 0 Å². The van der Waals surface area contributed by atoms with Gasteiger partial charge in [-0.3, -0.25) is 0 Å². The maximum absolute atomic E-state index is 12.2. The summed E-state index contributed by atoms with van der Waals surface area (Å²) < 4.78 is 31.5. The smallest absolute Gasteiger partial charge is 0.333 e. The van der Waals surface area contributed by atoms with Gasteiger partial charge in [-0.1, -0.05) is 11.6 Å². The Balaban J connectivity index is 1.77. The number of carbonyl (C=O) groups excluding carboxylic acids is 1. The van der Waals surface area contributed by atoms with Gasteiger partial charge >= 0.3 is 6.03 Å². The lowest BCUT2D eigenvalue weighted by Gasteiger charge is -2.08. The quantitative estimate of drug-likeness (QED) is 0.755. The van der Waals surface area contributed by atoms with Gasteiger partial charge in [0.15, 0.2) is 0 Å². The van der Waals surface area contributed by atoms with Crippen LogP contribution in [0.3, 0.4) is 0 Å². The summed E-state index contributed by atoms with van der Waals surface area (Å²) in [7, 11) is -4.01. The van der Waals surface area contributed by atoms with Gasteiger partial charge in [0, 0.05) is 22.2 Å². The van der Waals surface area contributed by atoms with Gasteiger partial charge < -0.3 is 9.73 Å². The summed E-state index contributed by atoms with van der Waals surface area (Å²) in [5, 5.41) is 3.70. The van der Waals surface area contributed by atoms with E-state index in [0.717, 1.165) is 5.39 Å². The molecule has 0 aliphatic heterocycles. The van der Waals surface area contributed by atoms with Gasteiger partial charge in [0.25, 0.3) is 10.0 Å². The summed E-state index contributed by atoms with van der Waals surface area (Å²) in [6.07, 6.45) is 1.46. The fourth-order valence-electron chi connectivity index (χ4n) is 1.97. The fraction of sp³-hybridized carbons (Fsp3) is 0. The van der Waals surface area contributed by atoms with Gasteiger partial charge in [-0.25, -0.2) is 17.9 Å². The summed E-state index contributed by atoms with van der Waals surface area (Å²) in [6, 6.07) is 11.5. The number of hydrogen-bond acceptors (Lipinski definition) is 4. The van der Waals surface area contributed by atoms with Crippen molar-refractivity contribution >= 4 is 44.3 Å². The first-order valence-corrected chi connectivity index (χ1v) is 8.37. The van der Waals surface area contributed by atoms with Gasteiger partial charge in [-0.2, -0.15) is 0 Å². The van der Waals surface area contributed by atoms with Crippen LogP contribution in [0.25, 0.3) is 11.0 Å². The average molecular weight is 351 g/mol. The lowest BCUT2D eigenvalue weighted by molar-refractivity contribution is 0.256. The molecule has 0 bridgehead atoms. The number of anilines is 1. The lowest BCUT2D eigenvalue weighted by atomic mass is 10.3. The third-order valence-electron chi connectivity index (χ3n) is 3.07. The molecule has 118 valence electrons. The maximum Gasteiger partial charge on any atom is 0.333 e. The third kappa shape index (κ3) is 3.46. The molecular weight excluding hydrogens is 340 g/mol. The molecule has 0 fully saturated rings. The number of rotatable bonds is 3. The maximum atomic E-state index is 12.2. The van der Waals surface area contributed by atoms with Gasteiger partial charge in [-0.05, 0) is 42.5 Å². The Morgan fingerprint density at radius 2 is 1.78 bits per heavy atom. The number of hydrogen-bond donors (Lipinski definition) is 2. The standard InChI is InChI=1S/C15H11ClN2O4S/c16-11-2-4-12(5-3-11)17-15(19)18-23(20,21)13-6-1-10-7-8-22-14(10)9-13/h1-9H,(H2,17,18,19). The van der Waals surface area contributed by atoms with E-state index in [1.54, 1.807) is 36.4 Å². The molecule has 1 heterocycles. The van der Waals surface area contributed by atoms with Crippen LogP contribution in [0.5, 0.6) is 0 Å². The fourth-order valence-corrected chi connectivity index (χ4v) is 3.02. The minimum absolute atomic E-state index is 0.0637. The molecule has 0 saturated heterocycles. The molecule has 0 spiro atoms. The Morgan fingerprint density at radius 3 is 2.52 bits per heavy atom. The largest absolute Gasteiger partial charge is 0.464 e. The summed E-state index contributed by atoms with van der Waals surface area (Å²) >= 11 is 5.74. The van der Waals surface area contributed by atoms with Crippen LogP contribution >= 0.6 is 11.6 Å². The zero-order valence-electron chi connectivity index (χ0n) is 11.6. The van der Waals surface area contributed by atoms with Crippen LogP contribution in [0.1, 0.15) is 0 Å². The van der Waals surface area contributed by atoms with Crippen molar-refractivity contribution in [2.24, 2.45) is 0 Å². The predicted molar refractivity (Wildman–Crippen MR) is 87.0 cm³/mol. The van der Waals surface area contributed by atoms with E-state index in [4.69, 9.17) is 16.0 Å². The molecule has 1 aromatic heterocycles. The molecule has 23 heavy (non-hydrogen) atoms. The number of carbonyl (C=O) groups is 1.